The maximum absolute atomic E-state index is 12.9. The number of carbonyl (C=O) groups is 2. The van der Waals surface area contributed by atoms with Crippen molar-refractivity contribution < 1.29 is 19.4 Å². The SMILES string of the molecule is CCCCCCCC1OC(=O)C[C@@H](O)[C@H](Cc2ccccc2)N(C)C[C@H](C)NC(=O)[C@H]1C. The molecule has 6 heteroatoms. The van der Waals surface area contributed by atoms with E-state index in [1.165, 1.54) is 12.8 Å². The summed E-state index contributed by atoms with van der Waals surface area (Å²) in [4.78, 5) is 27.6. The second-order valence-corrected chi connectivity index (χ2v) is 9.40. The van der Waals surface area contributed by atoms with Gasteiger partial charge in [0.15, 0.2) is 0 Å². The van der Waals surface area contributed by atoms with Crippen molar-refractivity contribution in [1.82, 2.24) is 10.2 Å². The molecule has 6 nitrogen and oxygen atoms in total. The van der Waals surface area contributed by atoms with E-state index in [1.807, 2.05) is 56.1 Å². The van der Waals surface area contributed by atoms with Crippen molar-refractivity contribution in [3.63, 3.8) is 0 Å². The molecule has 0 aliphatic carbocycles. The molecule has 180 valence electrons. The summed E-state index contributed by atoms with van der Waals surface area (Å²) in [5.74, 6) is -0.941. The van der Waals surface area contributed by atoms with Crippen LogP contribution in [0.4, 0.5) is 0 Å². The average Bonchev–Trinajstić information content (AvgIpc) is 2.75. The van der Waals surface area contributed by atoms with Crippen molar-refractivity contribution in [1.29, 1.82) is 0 Å². The molecule has 0 spiro atoms. The summed E-state index contributed by atoms with van der Waals surface area (Å²) < 4.78 is 5.77. The number of ether oxygens (including phenoxy) is 1. The first kappa shape index (κ1) is 26.3. The molecule has 1 fully saturated rings. The largest absolute Gasteiger partial charge is 0.461 e. The van der Waals surface area contributed by atoms with Gasteiger partial charge in [0.1, 0.15) is 6.10 Å². The van der Waals surface area contributed by atoms with E-state index in [-0.39, 0.29) is 24.4 Å². The van der Waals surface area contributed by atoms with E-state index < -0.39 is 24.1 Å². The van der Waals surface area contributed by atoms with Crippen LogP contribution in [-0.2, 0) is 20.7 Å². The summed E-state index contributed by atoms with van der Waals surface area (Å²) in [7, 11) is 1.93. The molecule has 1 aromatic carbocycles. The van der Waals surface area contributed by atoms with Crippen molar-refractivity contribution in [2.75, 3.05) is 13.6 Å². The topological polar surface area (TPSA) is 78.9 Å². The third-order valence-electron chi connectivity index (χ3n) is 6.47. The molecule has 0 aromatic heterocycles. The number of cyclic esters (lactones) is 1. The molecule has 2 N–H and O–H groups in total. The minimum absolute atomic E-state index is 0.0725. The van der Waals surface area contributed by atoms with Crippen LogP contribution in [0.3, 0.4) is 0 Å². The number of nitrogens with one attached hydrogen (secondary N) is 1. The third kappa shape index (κ3) is 8.55. The van der Waals surface area contributed by atoms with E-state index in [0.29, 0.717) is 19.4 Å². The van der Waals surface area contributed by atoms with Gasteiger partial charge in [0.25, 0.3) is 0 Å². The average molecular weight is 447 g/mol. The molecule has 2 rings (SSSR count). The highest BCUT2D eigenvalue weighted by Crippen LogP contribution is 2.21. The van der Waals surface area contributed by atoms with Crippen molar-refractivity contribution >= 4 is 11.9 Å². The fourth-order valence-corrected chi connectivity index (χ4v) is 4.48. The second kappa shape index (κ2) is 13.6. The fraction of sp³-hybridized carbons (Fsp3) is 0.692. The number of nitrogens with zero attached hydrogens (tertiary/aromatic N) is 1. The van der Waals surface area contributed by atoms with Gasteiger partial charge in [-0.05, 0) is 38.8 Å². The molecule has 1 saturated heterocycles. The minimum Gasteiger partial charge on any atom is -0.461 e. The summed E-state index contributed by atoms with van der Waals surface area (Å²) >= 11 is 0. The maximum Gasteiger partial charge on any atom is 0.308 e. The zero-order valence-corrected chi connectivity index (χ0v) is 20.3. The maximum atomic E-state index is 12.9. The lowest BCUT2D eigenvalue weighted by Gasteiger charge is -2.35. The number of likely N-dealkylation sites (N-methyl/N-ethyl adjacent to an activating group) is 1. The minimum atomic E-state index is -0.851. The quantitative estimate of drug-likeness (QED) is 0.470. The van der Waals surface area contributed by atoms with Gasteiger partial charge in [-0.25, -0.2) is 0 Å². The molecule has 1 aromatic rings. The third-order valence-corrected chi connectivity index (χ3v) is 6.47. The van der Waals surface area contributed by atoms with Gasteiger partial charge < -0.3 is 15.2 Å². The molecule has 1 amide bonds. The zero-order valence-electron chi connectivity index (χ0n) is 20.3. The van der Waals surface area contributed by atoms with Crippen molar-refractivity contribution in [2.24, 2.45) is 5.92 Å². The van der Waals surface area contributed by atoms with Crippen molar-refractivity contribution in [3.8, 4) is 0 Å². The molecule has 1 unspecified atom stereocenters. The summed E-state index contributed by atoms with van der Waals surface area (Å²) in [6, 6.07) is 9.62. The van der Waals surface area contributed by atoms with Gasteiger partial charge in [-0.2, -0.15) is 0 Å². The van der Waals surface area contributed by atoms with Crippen molar-refractivity contribution in [2.45, 2.75) is 96.4 Å². The predicted molar refractivity (Wildman–Crippen MR) is 127 cm³/mol. The van der Waals surface area contributed by atoms with Crippen LogP contribution >= 0.6 is 0 Å². The smallest absolute Gasteiger partial charge is 0.308 e. The standard InChI is InChI=1S/C26H42N2O4/c1-5-6-7-8-12-15-24-20(3)26(31)27-19(2)18-28(4)22(23(29)17-25(30)32-24)16-21-13-10-9-11-14-21/h9-11,13-14,19-20,22-24,29H,5-8,12,15-18H2,1-4H3,(H,27,31)/t19-,20-,22-,23+,24?/m0/s1. The summed E-state index contributed by atoms with van der Waals surface area (Å²) in [6.45, 7) is 6.57. The molecular formula is C26H42N2O4. The lowest BCUT2D eigenvalue weighted by Crippen LogP contribution is -2.52. The van der Waals surface area contributed by atoms with Crippen LogP contribution in [0.2, 0.25) is 0 Å². The summed E-state index contributed by atoms with van der Waals surface area (Å²) in [6.07, 6.45) is 5.41. The van der Waals surface area contributed by atoms with Gasteiger partial charge in [-0.1, -0.05) is 69.9 Å². The van der Waals surface area contributed by atoms with E-state index in [0.717, 1.165) is 24.8 Å². The van der Waals surface area contributed by atoms with Gasteiger partial charge in [-0.3, -0.25) is 14.5 Å². The van der Waals surface area contributed by atoms with Gasteiger partial charge in [-0.15, -0.1) is 0 Å². The van der Waals surface area contributed by atoms with Crippen LogP contribution < -0.4 is 5.32 Å². The Kier molecular flexibility index (Phi) is 11.2. The number of unbranched alkanes of at least 4 members (excludes halogenated alkanes) is 4. The number of esters is 1. The van der Waals surface area contributed by atoms with Gasteiger partial charge in [0.2, 0.25) is 5.91 Å². The number of carbonyl (C=O) groups excluding carboxylic acids is 2. The first-order valence-corrected chi connectivity index (χ1v) is 12.2. The first-order chi connectivity index (χ1) is 15.3. The van der Waals surface area contributed by atoms with Crippen LogP contribution in [0.5, 0.6) is 0 Å². The Balaban J connectivity index is 2.13. The summed E-state index contributed by atoms with van der Waals surface area (Å²) in [5, 5.41) is 14.1. The van der Waals surface area contributed by atoms with Gasteiger partial charge in [0.05, 0.1) is 18.4 Å². The Hall–Kier alpha value is -1.92. The number of hydrogen-bond donors (Lipinski definition) is 2. The Morgan fingerprint density at radius 1 is 1.09 bits per heavy atom. The fourth-order valence-electron chi connectivity index (χ4n) is 4.48. The number of benzene rings is 1. The Labute approximate surface area is 193 Å². The highest BCUT2D eigenvalue weighted by Gasteiger charge is 2.33. The van der Waals surface area contributed by atoms with Crippen LogP contribution in [0.15, 0.2) is 30.3 Å². The first-order valence-electron chi connectivity index (χ1n) is 12.2. The molecule has 0 radical (unpaired) electrons. The lowest BCUT2D eigenvalue weighted by atomic mass is 9.95. The van der Waals surface area contributed by atoms with Gasteiger partial charge in [0, 0.05) is 18.6 Å². The number of aliphatic hydroxyl groups excluding tert-OH is 1. The molecule has 1 aliphatic rings. The number of rotatable bonds is 8. The molecule has 1 aliphatic heterocycles. The molecule has 5 atom stereocenters. The van der Waals surface area contributed by atoms with Crippen LogP contribution in [0, 0.1) is 5.92 Å². The predicted octanol–water partition coefficient (Wildman–Crippen LogP) is 3.71. The Morgan fingerprint density at radius 2 is 1.78 bits per heavy atom. The monoisotopic (exact) mass is 446 g/mol. The number of hydrogen-bond acceptors (Lipinski definition) is 5. The van der Waals surface area contributed by atoms with Crippen LogP contribution in [0.25, 0.3) is 0 Å². The van der Waals surface area contributed by atoms with Crippen LogP contribution in [-0.4, -0.2) is 59.8 Å². The van der Waals surface area contributed by atoms with E-state index in [2.05, 4.69) is 12.2 Å². The lowest BCUT2D eigenvalue weighted by molar-refractivity contribution is -0.157. The highest BCUT2D eigenvalue weighted by molar-refractivity contribution is 5.80. The van der Waals surface area contributed by atoms with E-state index >= 15 is 0 Å². The number of amides is 1. The van der Waals surface area contributed by atoms with E-state index in [4.69, 9.17) is 4.74 Å². The Bertz CT molecular complexity index is 696. The van der Waals surface area contributed by atoms with Crippen molar-refractivity contribution in [3.05, 3.63) is 35.9 Å². The molecule has 1 heterocycles. The highest BCUT2D eigenvalue weighted by atomic mass is 16.5. The van der Waals surface area contributed by atoms with E-state index in [1.54, 1.807) is 0 Å². The molecule has 0 bridgehead atoms. The summed E-state index contributed by atoms with van der Waals surface area (Å²) in [5.41, 5.74) is 1.10. The second-order valence-electron chi connectivity index (χ2n) is 9.40. The number of aliphatic hydroxyl groups is 1. The zero-order chi connectivity index (χ0) is 23.5. The normalized spacial score (nSPS) is 28.3. The molecular weight excluding hydrogens is 404 g/mol. The Morgan fingerprint density at radius 3 is 2.47 bits per heavy atom. The molecule has 32 heavy (non-hydrogen) atoms. The van der Waals surface area contributed by atoms with Gasteiger partial charge >= 0.3 is 5.97 Å². The molecule has 0 saturated carbocycles. The van der Waals surface area contributed by atoms with Crippen LogP contribution in [0.1, 0.15) is 71.3 Å². The van der Waals surface area contributed by atoms with E-state index in [9.17, 15) is 14.7 Å².